The van der Waals surface area contributed by atoms with Crippen molar-refractivity contribution in [2.75, 3.05) is 19.7 Å². The quantitative estimate of drug-likeness (QED) is 0.797. The minimum absolute atomic E-state index is 0.0113. The van der Waals surface area contributed by atoms with E-state index in [9.17, 15) is 4.79 Å². The average molecular weight is 225 g/mol. The predicted octanol–water partition coefficient (Wildman–Crippen LogP) is 0.573. The van der Waals surface area contributed by atoms with Crippen LogP contribution in [-0.4, -0.2) is 45.4 Å². The third-order valence-corrected chi connectivity index (χ3v) is 2.37. The van der Waals surface area contributed by atoms with Crippen LogP contribution in [-0.2, 0) is 7.05 Å². The third kappa shape index (κ3) is 2.82. The summed E-state index contributed by atoms with van der Waals surface area (Å²) in [6.07, 6.45) is 0.878. The Morgan fingerprint density at radius 1 is 1.56 bits per heavy atom. The van der Waals surface area contributed by atoms with Crippen LogP contribution in [0, 0.1) is 6.92 Å². The smallest absolute Gasteiger partial charge is 0.272 e. The number of carbonyl (C=O) groups is 1. The van der Waals surface area contributed by atoms with Crippen molar-refractivity contribution in [2.45, 2.75) is 20.3 Å². The van der Waals surface area contributed by atoms with E-state index in [0.29, 0.717) is 18.8 Å². The van der Waals surface area contributed by atoms with Crippen LogP contribution in [0.4, 0.5) is 0 Å². The van der Waals surface area contributed by atoms with Gasteiger partial charge in [-0.15, -0.1) is 0 Å². The molecule has 0 fully saturated rings. The van der Waals surface area contributed by atoms with E-state index in [1.165, 1.54) is 0 Å². The minimum atomic E-state index is -0.0704. The molecule has 0 bridgehead atoms. The first-order valence-electron chi connectivity index (χ1n) is 5.51. The number of nitrogens with zero attached hydrogens (tertiary/aromatic N) is 3. The summed E-state index contributed by atoms with van der Waals surface area (Å²) in [7, 11) is 1.75. The molecule has 1 rings (SSSR count). The summed E-state index contributed by atoms with van der Waals surface area (Å²) in [5, 5.41) is 13.1. The topological polar surface area (TPSA) is 58.4 Å². The first-order chi connectivity index (χ1) is 7.60. The maximum Gasteiger partial charge on any atom is 0.272 e. The number of aliphatic hydroxyl groups excluding tert-OH is 1. The number of amides is 1. The lowest BCUT2D eigenvalue weighted by atomic mass is 10.3. The van der Waals surface area contributed by atoms with Crippen molar-refractivity contribution in [3.63, 3.8) is 0 Å². The second kappa shape index (κ2) is 5.65. The largest absolute Gasteiger partial charge is 0.395 e. The Balaban J connectivity index is 2.85. The highest BCUT2D eigenvalue weighted by Crippen LogP contribution is 2.06. The Morgan fingerprint density at radius 2 is 2.25 bits per heavy atom. The number of rotatable bonds is 5. The molecule has 16 heavy (non-hydrogen) atoms. The van der Waals surface area contributed by atoms with Gasteiger partial charge >= 0.3 is 0 Å². The van der Waals surface area contributed by atoms with Crippen molar-refractivity contribution in [1.29, 1.82) is 0 Å². The SMILES string of the molecule is CCCN(CCO)C(=O)c1cc(C)nn1C. The number of aryl methyl sites for hydroxylation is 2. The molecule has 5 heteroatoms. The van der Waals surface area contributed by atoms with Crippen LogP contribution >= 0.6 is 0 Å². The fourth-order valence-corrected chi connectivity index (χ4v) is 1.68. The van der Waals surface area contributed by atoms with Crippen molar-refractivity contribution < 1.29 is 9.90 Å². The summed E-state index contributed by atoms with van der Waals surface area (Å²) in [6, 6.07) is 1.77. The van der Waals surface area contributed by atoms with E-state index in [2.05, 4.69) is 5.10 Å². The van der Waals surface area contributed by atoms with E-state index in [1.807, 2.05) is 13.8 Å². The summed E-state index contributed by atoms with van der Waals surface area (Å²) in [5.41, 5.74) is 1.39. The van der Waals surface area contributed by atoms with Crippen LogP contribution in [0.2, 0.25) is 0 Å². The van der Waals surface area contributed by atoms with Crippen LogP contribution in [0.1, 0.15) is 29.5 Å². The molecule has 0 aliphatic heterocycles. The summed E-state index contributed by atoms with van der Waals surface area (Å²) < 4.78 is 1.58. The Bertz CT molecular complexity index is 354. The zero-order chi connectivity index (χ0) is 12.1. The molecular formula is C11H19N3O2. The second-order valence-electron chi connectivity index (χ2n) is 3.81. The van der Waals surface area contributed by atoms with Gasteiger partial charge in [-0.1, -0.05) is 6.92 Å². The van der Waals surface area contributed by atoms with Gasteiger partial charge in [-0.2, -0.15) is 5.10 Å². The molecule has 0 saturated carbocycles. The van der Waals surface area contributed by atoms with E-state index in [4.69, 9.17) is 5.11 Å². The highest BCUT2D eigenvalue weighted by atomic mass is 16.3. The van der Waals surface area contributed by atoms with Gasteiger partial charge in [0.2, 0.25) is 0 Å². The van der Waals surface area contributed by atoms with E-state index in [-0.39, 0.29) is 12.5 Å². The summed E-state index contributed by atoms with van der Waals surface area (Å²) in [6.45, 7) is 4.88. The lowest BCUT2D eigenvalue weighted by molar-refractivity contribution is 0.0711. The molecule has 0 unspecified atom stereocenters. The second-order valence-corrected chi connectivity index (χ2v) is 3.81. The Labute approximate surface area is 95.7 Å². The molecule has 0 spiro atoms. The van der Waals surface area contributed by atoms with E-state index >= 15 is 0 Å². The summed E-state index contributed by atoms with van der Waals surface area (Å²) >= 11 is 0. The molecule has 1 N–H and O–H groups in total. The van der Waals surface area contributed by atoms with Crippen molar-refractivity contribution >= 4 is 5.91 Å². The van der Waals surface area contributed by atoms with Gasteiger partial charge in [0.15, 0.2) is 0 Å². The van der Waals surface area contributed by atoms with Crippen molar-refractivity contribution in [1.82, 2.24) is 14.7 Å². The number of carbonyl (C=O) groups excluding carboxylic acids is 1. The van der Waals surface area contributed by atoms with E-state index in [1.54, 1.807) is 22.7 Å². The van der Waals surface area contributed by atoms with Crippen LogP contribution < -0.4 is 0 Å². The van der Waals surface area contributed by atoms with Crippen LogP contribution in [0.3, 0.4) is 0 Å². The lowest BCUT2D eigenvalue weighted by Crippen LogP contribution is -2.35. The Morgan fingerprint density at radius 3 is 2.69 bits per heavy atom. The van der Waals surface area contributed by atoms with Gasteiger partial charge in [0, 0.05) is 20.1 Å². The molecule has 0 saturated heterocycles. The number of aliphatic hydroxyl groups is 1. The molecule has 1 aromatic rings. The fraction of sp³-hybridized carbons (Fsp3) is 0.636. The fourth-order valence-electron chi connectivity index (χ4n) is 1.68. The lowest BCUT2D eigenvalue weighted by Gasteiger charge is -2.20. The molecule has 1 heterocycles. The van der Waals surface area contributed by atoms with Gasteiger partial charge in [0.1, 0.15) is 5.69 Å². The summed E-state index contributed by atoms with van der Waals surface area (Å²) in [5.74, 6) is -0.0704. The molecule has 0 aliphatic rings. The third-order valence-electron chi connectivity index (χ3n) is 2.37. The van der Waals surface area contributed by atoms with Crippen molar-refractivity contribution in [3.8, 4) is 0 Å². The van der Waals surface area contributed by atoms with Crippen LogP contribution in [0.25, 0.3) is 0 Å². The molecule has 5 nitrogen and oxygen atoms in total. The highest BCUT2D eigenvalue weighted by molar-refractivity contribution is 5.92. The van der Waals surface area contributed by atoms with Gasteiger partial charge in [-0.05, 0) is 19.4 Å². The van der Waals surface area contributed by atoms with Gasteiger partial charge in [-0.25, -0.2) is 0 Å². The maximum atomic E-state index is 12.1. The molecule has 0 atom stereocenters. The Kier molecular flexibility index (Phi) is 4.49. The van der Waals surface area contributed by atoms with Gasteiger partial charge in [0.05, 0.1) is 12.3 Å². The van der Waals surface area contributed by atoms with E-state index < -0.39 is 0 Å². The standard InChI is InChI=1S/C11H19N3O2/c1-4-5-14(6-7-15)11(16)10-8-9(2)12-13(10)3/h8,15H,4-7H2,1-3H3. The average Bonchev–Trinajstić information content (AvgIpc) is 2.56. The number of aromatic nitrogens is 2. The maximum absolute atomic E-state index is 12.1. The molecular weight excluding hydrogens is 206 g/mol. The summed E-state index contributed by atoms with van der Waals surface area (Å²) in [4.78, 5) is 13.8. The predicted molar refractivity (Wildman–Crippen MR) is 61.2 cm³/mol. The van der Waals surface area contributed by atoms with Crippen LogP contribution in [0.15, 0.2) is 6.07 Å². The zero-order valence-electron chi connectivity index (χ0n) is 10.1. The molecule has 1 aromatic heterocycles. The normalized spacial score (nSPS) is 10.5. The number of hydrogen-bond acceptors (Lipinski definition) is 3. The van der Waals surface area contributed by atoms with Gasteiger partial charge < -0.3 is 10.0 Å². The minimum Gasteiger partial charge on any atom is -0.395 e. The number of hydrogen-bond donors (Lipinski definition) is 1. The van der Waals surface area contributed by atoms with Crippen molar-refractivity contribution in [3.05, 3.63) is 17.5 Å². The first kappa shape index (κ1) is 12.7. The molecule has 0 aliphatic carbocycles. The monoisotopic (exact) mass is 225 g/mol. The van der Waals surface area contributed by atoms with E-state index in [0.717, 1.165) is 12.1 Å². The first-order valence-corrected chi connectivity index (χ1v) is 5.51. The van der Waals surface area contributed by atoms with Crippen LogP contribution in [0.5, 0.6) is 0 Å². The molecule has 90 valence electrons. The van der Waals surface area contributed by atoms with Gasteiger partial charge in [-0.3, -0.25) is 9.48 Å². The van der Waals surface area contributed by atoms with Crippen molar-refractivity contribution in [2.24, 2.45) is 7.05 Å². The Hall–Kier alpha value is -1.36. The molecule has 0 radical (unpaired) electrons. The highest BCUT2D eigenvalue weighted by Gasteiger charge is 2.18. The molecule has 1 amide bonds. The zero-order valence-corrected chi connectivity index (χ0v) is 10.1. The van der Waals surface area contributed by atoms with Gasteiger partial charge in [0.25, 0.3) is 5.91 Å². The molecule has 0 aromatic carbocycles.